The summed E-state index contributed by atoms with van der Waals surface area (Å²) in [7, 11) is 3.42. The molecule has 2 aromatic carbocycles. The second-order valence-corrected chi connectivity index (χ2v) is 8.08. The lowest BCUT2D eigenvalue weighted by Gasteiger charge is -2.17. The normalized spacial score (nSPS) is 11.7. The number of hydrogen-bond donors (Lipinski definition) is 1. The van der Waals surface area contributed by atoms with E-state index < -0.39 is 0 Å². The number of nitrogens with one attached hydrogen (secondary N) is 1. The van der Waals surface area contributed by atoms with Gasteiger partial charge in [-0.3, -0.25) is 4.79 Å². The van der Waals surface area contributed by atoms with Crippen molar-refractivity contribution in [3.63, 3.8) is 0 Å². The second-order valence-electron chi connectivity index (χ2n) is 8.08. The monoisotopic (exact) mass is 418 g/mol. The van der Waals surface area contributed by atoms with Crippen molar-refractivity contribution in [3.8, 4) is 17.0 Å². The number of hydrogen-bond acceptors (Lipinski definition) is 5. The Bertz CT molecular complexity index is 1060. The van der Waals surface area contributed by atoms with E-state index in [1.807, 2.05) is 37.3 Å². The molecular weight excluding hydrogens is 388 g/mol. The predicted molar refractivity (Wildman–Crippen MR) is 124 cm³/mol. The van der Waals surface area contributed by atoms with E-state index in [2.05, 4.69) is 54.3 Å². The van der Waals surface area contributed by atoms with Gasteiger partial charge in [-0.05, 0) is 57.5 Å². The lowest BCUT2D eigenvalue weighted by Crippen LogP contribution is -2.27. The summed E-state index contributed by atoms with van der Waals surface area (Å²) >= 11 is 0. The van der Waals surface area contributed by atoms with Crippen LogP contribution in [0.25, 0.3) is 11.3 Å². The number of ether oxygens (including phenoxy) is 1. The maximum absolute atomic E-state index is 11.8. The Morgan fingerprint density at radius 2 is 1.74 bits per heavy atom. The van der Waals surface area contributed by atoms with Gasteiger partial charge in [-0.25, -0.2) is 9.97 Å². The molecule has 1 atom stereocenters. The molecule has 0 aliphatic carbocycles. The van der Waals surface area contributed by atoms with Crippen molar-refractivity contribution < 1.29 is 9.53 Å². The summed E-state index contributed by atoms with van der Waals surface area (Å²) in [6.45, 7) is 8.17. The first-order valence-corrected chi connectivity index (χ1v) is 10.3. The van der Waals surface area contributed by atoms with Crippen LogP contribution in [0.2, 0.25) is 0 Å². The number of nitrogens with zero attached hydrogens (tertiary/aromatic N) is 3. The number of aromatic nitrogens is 2. The van der Waals surface area contributed by atoms with E-state index in [0.717, 1.165) is 22.6 Å². The molecule has 0 saturated carbocycles. The molecule has 0 bridgehead atoms. The van der Waals surface area contributed by atoms with Crippen LogP contribution in [0.3, 0.4) is 0 Å². The van der Waals surface area contributed by atoms with Gasteiger partial charge in [0.1, 0.15) is 17.4 Å². The van der Waals surface area contributed by atoms with Gasteiger partial charge in [-0.1, -0.05) is 29.3 Å². The van der Waals surface area contributed by atoms with Crippen LogP contribution in [0.1, 0.15) is 35.5 Å². The van der Waals surface area contributed by atoms with Crippen LogP contribution in [0.15, 0.2) is 48.5 Å². The van der Waals surface area contributed by atoms with E-state index in [-0.39, 0.29) is 18.6 Å². The van der Waals surface area contributed by atoms with E-state index in [0.29, 0.717) is 11.6 Å². The molecule has 0 unspecified atom stereocenters. The largest absolute Gasteiger partial charge is 0.484 e. The average Bonchev–Trinajstić information content (AvgIpc) is 2.71. The lowest BCUT2D eigenvalue weighted by molar-refractivity contribution is -0.130. The third-order valence-electron chi connectivity index (χ3n) is 4.94. The fourth-order valence-electron chi connectivity index (χ4n) is 3.37. The minimum atomic E-state index is -0.0769. The molecule has 6 nitrogen and oxygen atoms in total. The molecule has 0 fully saturated rings. The first kappa shape index (κ1) is 22.3. The minimum absolute atomic E-state index is 0.00510. The van der Waals surface area contributed by atoms with Gasteiger partial charge >= 0.3 is 0 Å². The van der Waals surface area contributed by atoms with E-state index >= 15 is 0 Å². The molecule has 6 heteroatoms. The quantitative estimate of drug-likeness (QED) is 0.602. The Hall–Kier alpha value is -3.41. The topological polar surface area (TPSA) is 67.3 Å². The van der Waals surface area contributed by atoms with E-state index in [4.69, 9.17) is 4.74 Å². The van der Waals surface area contributed by atoms with Gasteiger partial charge in [0, 0.05) is 25.7 Å². The number of aryl methyl sites for hydroxylation is 3. The zero-order valence-corrected chi connectivity index (χ0v) is 19.1. The van der Waals surface area contributed by atoms with Crippen LogP contribution in [0.4, 0.5) is 5.82 Å². The van der Waals surface area contributed by atoms with Crippen LogP contribution < -0.4 is 10.1 Å². The molecule has 1 heterocycles. The molecule has 0 spiro atoms. The number of rotatable bonds is 7. The minimum Gasteiger partial charge on any atom is -0.484 e. The zero-order chi connectivity index (χ0) is 22.5. The molecule has 0 aliphatic rings. The smallest absolute Gasteiger partial charge is 0.259 e. The average molecular weight is 419 g/mol. The van der Waals surface area contributed by atoms with Gasteiger partial charge in [-0.15, -0.1) is 0 Å². The Kier molecular flexibility index (Phi) is 6.90. The summed E-state index contributed by atoms with van der Waals surface area (Å²) in [4.78, 5) is 22.5. The fourth-order valence-corrected chi connectivity index (χ4v) is 3.37. The molecule has 0 saturated heterocycles. The molecule has 31 heavy (non-hydrogen) atoms. The van der Waals surface area contributed by atoms with Gasteiger partial charge in [0.05, 0.1) is 11.7 Å². The van der Waals surface area contributed by atoms with Gasteiger partial charge in [0.25, 0.3) is 5.91 Å². The van der Waals surface area contributed by atoms with Crippen LogP contribution in [-0.2, 0) is 4.79 Å². The first-order valence-electron chi connectivity index (χ1n) is 10.3. The van der Waals surface area contributed by atoms with Crippen LogP contribution in [0.5, 0.6) is 5.75 Å². The van der Waals surface area contributed by atoms with Crippen LogP contribution in [-0.4, -0.2) is 41.5 Å². The van der Waals surface area contributed by atoms with Crippen molar-refractivity contribution in [3.05, 3.63) is 71.0 Å². The van der Waals surface area contributed by atoms with Gasteiger partial charge in [0.2, 0.25) is 0 Å². The first-order chi connectivity index (χ1) is 14.7. The van der Waals surface area contributed by atoms with Gasteiger partial charge in [-0.2, -0.15) is 0 Å². The molecule has 1 N–H and O–H groups in total. The zero-order valence-electron chi connectivity index (χ0n) is 19.1. The maximum atomic E-state index is 11.8. The molecule has 0 radical (unpaired) electrons. The predicted octanol–water partition coefficient (Wildman–Crippen LogP) is 4.71. The molecule has 162 valence electrons. The molecule has 3 aromatic rings. The molecular formula is C25H30N4O2. The van der Waals surface area contributed by atoms with Crippen molar-refractivity contribution >= 4 is 11.7 Å². The summed E-state index contributed by atoms with van der Waals surface area (Å²) < 4.78 is 5.64. The lowest BCUT2D eigenvalue weighted by atomic mass is 10.0. The van der Waals surface area contributed by atoms with Crippen molar-refractivity contribution in [1.82, 2.24) is 14.9 Å². The standard InChI is InChI=1S/C25H30N4O2/c1-16-10-17(2)12-21(11-16)23-14-24(28-19(4)27-23)26-18(3)20-8-7-9-22(13-20)31-15-25(30)29(5)6/h7-14,18H,15H2,1-6H3,(H,26,27,28)/t18-/m1/s1. The van der Waals surface area contributed by atoms with E-state index in [1.54, 1.807) is 14.1 Å². The van der Waals surface area contributed by atoms with Crippen LogP contribution >= 0.6 is 0 Å². The number of likely N-dealkylation sites (N-methyl/N-ethyl adjacent to an activating group) is 1. The Labute approximate surface area is 184 Å². The second kappa shape index (κ2) is 9.60. The summed E-state index contributed by atoms with van der Waals surface area (Å²) in [5, 5.41) is 3.47. The number of amides is 1. The van der Waals surface area contributed by atoms with Crippen molar-refractivity contribution in [2.24, 2.45) is 0 Å². The third kappa shape index (κ3) is 6.04. The highest BCUT2D eigenvalue weighted by Gasteiger charge is 2.11. The third-order valence-corrected chi connectivity index (χ3v) is 4.94. The SMILES string of the molecule is Cc1cc(C)cc(-c2cc(N[C@H](C)c3cccc(OCC(=O)N(C)C)c3)nc(C)n2)c1. The Balaban J connectivity index is 1.77. The Morgan fingerprint density at radius 3 is 2.42 bits per heavy atom. The molecule has 0 aliphatic heterocycles. The van der Waals surface area contributed by atoms with Crippen LogP contribution in [0, 0.1) is 20.8 Å². The summed E-state index contributed by atoms with van der Waals surface area (Å²) in [6, 6.07) is 16.1. The van der Waals surface area contributed by atoms with Gasteiger partial charge < -0.3 is 15.0 Å². The number of benzene rings is 2. The fraction of sp³-hybridized carbons (Fsp3) is 0.320. The van der Waals surface area contributed by atoms with E-state index in [9.17, 15) is 4.79 Å². The van der Waals surface area contributed by atoms with E-state index in [1.165, 1.54) is 16.0 Å². The number of anilines is 1. The highest BCUT2D eigenvalue weighted by molar-refractivity contribution is 5.77. The van der Waals surface area contributed by atoms with Gasteiger partial charge in [0.15, 0.2) is 6.61 Å². The molecule has 1 amide bonds. The summed E-state index contributed by atoms with van der Waals surface area (Å²) in [5.41, 5.74) is 5.43. The van der Waals surface area contributed by atoms with Crippen molar-refractivity contribution in [2.75, 3.05) is 26.0 Å². The summed E-state index contributed by atoms with van der Waals surface area (Å²) in [5.74, 6) is 2.07. The maximum Gasteiger partial charge on any atom is 0.259 e. The number of carbonyl (C=O) groups excluding carboxylic acids is 1. The van der Waals surface area contributed by atoms with Crippen molar-refractivity contribution in [2.45, 2.75) is 33.7 Å². The highest BCUT2D eigenvalue weighted by atomic mass is 16.5. The van der Waals surface area contributed by atoms with Crippen molar-refractivity contribution in [1.29, 1.82) is 0 Å². The summed E-state index contributed by atoms with van der Waals surface area (Å²) in [6.07, 6.45) is 0. The highest BCUT2D eigenvalue weighted by Crippen LogP contribution is 2.26. The number of carbonyl (C=O) groups is 1. The Morgan fingerprint density at radius 1 is 1.03 bits per heavy atom. The molecule has 1 aromatic heterocycles. The molecule has 3 rings (SSSR count).